The SMILES string of the molecule is COc1ccc(C(=O)O)c(CNCC2(c3ccccc3)NC(=O)NC2=O)c1. The Hall–Kier alpha value is -3.39. The predicted octanol–water partition coefficient (Wildman–Crippen LogP) is 1.22. The van der Waals surface area contributed by atoms with E-state index in [0.29, 0.717) is 16.9 Å². The molecule has 3 amide bonds. The smallest absolute Gasteiger partial charge is 0.336 e. The normalized spacial score (nSPS) is 18.7. The molecule has 2 aromatic rings. The Morgan fingerprint density at radius 1 is 1.19 bits per heavy atom. The number of rotatable bonds is 7. The third-order valence-electron chi connectivity index (χ3n) is 4.46. The van der Waals surface area contributed by atoms with E-state index in [9.17, 15) is 19.5 Å². The van der Waals surface area contributed by atoms with Crippen LogP contribution in [0.25, 0.3) is 0 Å². The van der Waals surface area contributed by atoms with Gasteiger partial charge in [0.25, 0.3) is 5.91 Å². The molecule has 2 aromatic carbocycles. The number of carboxylic acids is 1. The van der Waals surface area contributed by atoms with Gasteiger partial charge in [-0.3, -0.25) is 10.1 Å². The molecule has 4 N–H and O–H groups in total. The van der Waals surface area contributed by atoms with Gasteiger partial charge in [-0.2, -0.15) is 0 Å². The van der Waals surface area contributed by atoms with Crippen molar-refractivity contribution in [1.82, 2.24) is 16.0 Å². The van der Waals surface area contributed by atoms with Gasteiger partial charge < -0.3 is 20.5 Å². The van der Waals surface area contributed by atoms with Crippen LogP contribution in [-0.2, 0) is 16.9 Å². The number of hydrogen-bond donors (Lipinski definition) is 4. The number of carboxylic acid groups (broad SMARTS) is 1. The van der Waals surface area contributed by atoms with E-state index >= 15 is 0 Å². The number of imide groups is 1. The van der Waals surface area contributed by atoms with Crippen molar-refractivity contribution in [3.8, 4) is 5.75 Å². The van der Waals surface area contributed by atoms with Crippen molar-refractivity contribution in [3.63, 3.8) is 0 Å². The quantitative estimate of drug-likeness (QED) is 0.545. The van der Waals surface area contributed by atoms with Gasteiger partial charge in [-0.1, -0.05) is 30.3 Å². The van der Waals surface area contributed by atoms with Crippen LogP contribution < -0.4 is 20.7 Å². The minimum atomic E-state index is -1.26. The summed E-state index contributed by atoms with van der Waals surface area (Å²) in [5.74, 6) is -0.990. The summed E-state index contributed by atoms with van der Waals surface area (Å²) in [6, 6.07) is 13.0. The summed E-state index contributed by atoms with van der Waals surface area (Å²) in [5.41, 5.74) is 0.0114. The van der Waals surface area contributed by atoms with Crippen molar-refractivity contribution >= 4 is 17.9 Å². The van der Waals surface area contributed by atoms with E-state index in [2.05, 4.69) is 16.0 Å². The van der Waals surface area contributed by atoms with Crippen molar-refractivity contribution < 1.29 is 24.2 Å². The maximum Gasteiger partial charge on any atom is 0.336 e. The first-order chi connectivity index (χ1) is 13.0. The van der Waals surface area contributed by atoms with E-state index in [1.807, 2.05) is 6.07 Å². The minimum absolute atomic E-state index is 0.0882. The highest BCUT2D eigenvalue weighted by molar-refractivity contribution is 6.07. The molecule has 0 spiro atoms. The fourth-order valence-corrected chi connectivity index (χ4v) is 3.08. The molecular weight excluding hydrogens is 350 g/mol. The van der Waals surface area contributed by atoms with Crippen LogP contribution in [0.4, 0.5) is 4.79 Å². The molecule has 1 aliphatic heterocycles. The minimum Gasteiger partial charge on any atom is -0.497 e. The van der Waals surface area contributed by atoms with Gasteiger partial charge in [0.1, 0.15) is 5.75 Å². The molecule has 8 heteroatoms. The summed E-state index contributed by atoms with van der Waals surface area (Å²) in [6.07, 6.45) is 0. The first kappa shape index (κ1) is 18.4. The molecule has 0 saturated carbocycles. The number of urea groups is 1. The summed E-state index contributed by atoms with van der Waals surface area (Å²) < 4.78 is 5.15. The first-order valence-corrected chi connectivity index (χ1v) is 8.26. The molecule has 1 fully saturated rings. The largest absolute Gasteiger partial charge is 0.497 e. The van der Waals surface area contributed by atoms with Crippen LogP contribution in [0.1, 0.15) is 21.5 Å². The number of amides is 3. The summed E-state index contributed by atoms with van der Waals surface area (Å²) in [7, 11) is 1.50. The van der Waals surface area contributed by atoms with E-state index < -0.39 is 23.4 Å². The molecule has 0 aromatic heterocycles. The molecular formula is C19H19N3O5. The lowest BCUT2D eigenvalue weighted by Crippen LogP contribution is -2.51. The zero-order chi connectivity index (χ0) is 19.4. The van der Waals surface area contributed by atoms with E-state index in [4.69, 9.17) is 4.74 Å². The number of carbonyl (C=O) groups is 3. The van der Waals surface area contributed by atoms with Gasteiger partial charge in [0.15, 0.2) is 5.54 Å². The van der Waals surface area contributed by atoms with Crippen molar-refractivity contribution in [3.05, 3.63) is 65.2 Å². The van der Waals surface area contributed by atoms with Crippen molar-refractivity contribution in [2.45, 2.75) is 12.1 Å². The first-order valence-electron chi connectivity index (χ1n) is 8.26. The number of carbonyl (C=O) groups excluding carboxylic acids is 2. The molecule has 1 heterocycles. The van der Waals surface area contributed by atoms with Crippen LogP contribution in [0.15, 0.2) is 48.5 Å². The molecule has 1 unspecified atom stereocenters. The van der Waals surface area contributed by atoms with Gasteiger partial charge in [0.2, 0.25) is 0 Å². The molecule has 8 nitrogen and oxygen atoms in total. The number of aromatic carboxylic acids is 1. The fourth-order valence-electron chi connectivity index (χ4n) is 3.08. The maximum absolute atomic E-state index is 12.5. The van der Waals surface area contributed by atoms with Gasteiger partial charge >= 0.3 is 12.0 Å². The molecule has 0 bridgehead atoms. The topological polar surface area (TPSA) is 117 Å². The van der Waals surface area contributed by atoms with Crippen molar-refractivity contribution in [1.29, 1.82) is 0 Å². The molecule has 0 aliphatic carbocycles. The second-order valence-corrected chi connectivity index (χ2v) is 6.11. The average molecular weight is 369 g/mol. The van der Waals surface area contributed by atoms with Crippen LogP contribution in [0.5, 0.6) is 5.75 Å². The van der Waals surface area contributed by atoms with Gasteiger partial charge in [0.05, 0.1) is 12.7 Å². The standard InChI is InChI=1S/C19H19N3O5/c1-27-14-7-8-15(16(23)24)12(9-14)10-20-11-19(13-5-3-2-4-6-13)17(25)21-18(26)22-19/h2-9,20H,10-11H2,1H3,(H,23,24)(H2,21,22,25,26). The maximum atomic E-state index is 12.5. The van der Waals surface area contributed by atoms with Crippen molar-refractivity contribution in [2.75, 3.05) is 13.7 Å². The lowest BCUT2D eigenvalue weighted by molar-refractivity contribution is -0.124. The van der Waals surface area contributed by atoms with Crippen LogP contribution >= 0.6 is 0 Å². The van der Waals surface area contributed by atoms with E-state index in [-0.39, 0.29) is 18.7 Å². The molecule has 1 saturated heterocycles. The zero-order valence-electron chi connectivity index (χ0n) is 14.6. The Morgan fingerprint density at radius 2 is 1.93 bits per heavy atom. The molecule has 3 rings (SSSR count). The van der Waals surface area contributed by atoms with Crippen molar-refractivity contribution in [2.24, 2.45) is 0 Å². The second-order valence-electron chi connectivity index (χ2n) is 6.11. The molecule has 140 valence electrons. The van der Waals surface area contributed by atoms with E-state index in [0.717, 1.165) is 0 Å². The third kappa shape index (κ3) is 3.61. The number of benzene rings is 2. The Morgan fingerprint density at radius 3 is 2.52 bits per heavy atom. The van der Waals surface area contributed by atoms with Crippen LogP contribution in [-0.4, -0.2) is 36.7 Å². The van der Waals surface area contributed by atoms with E-state index in [1.54, 1.807) is 36.4 Å². The molecule has 1 aliphatic rings. The second kappa shape index (κ2) is 7.46. The summed E-state index contributed by atoms with van der Waals surface area (Å²) in [6.45, 7) is 0.265. The highest BCUT2D eigenvalue weighted by Gasteiger charge is 2.47. The Bertz CT molecular complexity index is 884. The Balaban J connectivity index is 1.83. The monoisotopic (exact) mass is 369 g/mol. The fraction of sp³-hybridized carbons (Fsp3) is 0.211. The van der Waals surface area contributed by atoms with Gasteiger partial charge in [-0.05, 0) is 29.3 Å². The number of nitrogens with one attached hydrogen (secondary N) is 3. The van der Waals surface area contributed by atoms with Crippen LogP contribution in [0.2, 0.25) is 0 Å². The average Bonchev–Trinajstić information content (AvgIpc) is 2.96. The number of ether oxygens (including phenoxy) is 1. The summed E-state index contributed by atoms with van der Waals surface area (Å²) in [4.78, 5) is 35.6. The highest BCUT2D eigenvalue weighted by atomic mass is 16.5. The van der Waals surface area contributed by atoms with E-state index in [1.165, 1.54) is 13.2 Å². The molecule has 0 radical (unpaired) electrons. The predicted molar refractivity (Wildman–Crippen MR) is 96.5 cm³/mol. The molecule has 1 atom stereocenters. The third-order valence-corrected chi connectivity index (χ3v) is 4.46. The Kier molecular flexibility index (Phi) is 5.09. The zero-order valence-corrected chi connectivity index (χ0v) is 14.6. The lowest BCUT2D eigenvalue weighted by atomic mass is 9.89. The van der Waals surface area contributed by atoms with Crippen LogP contribution in [0.3, 0.4) is 0 Å². The van der Waals surface area contributed by atoms with Crippen LogP contribution in [0, 0.1) is 0 Å². The highest BCUT2D eigenvalue weighted by Crippen LogP contribution is 2.25. The Labute approximate surface area is 155 Å². The molecule has 27 heavy (non-hydrogen) atoms. The lowest BCUT2D eigenvalue weighted by Gasteiger charge is -2.27. The number of hydrogen-bond acceptors (Lipinski definition) is 5. The summed E-state index contributed by atoms with van der Waals surface area (Å²) >= 11 is 0. The van der Waals surface area contributed by atoms with Gasteiger partial charge in [0, 0.05) is 13.1 Å². The van der Waals surface area contributed by atoms with Gasteiger partial charge in [-0.25, -0.2) is 9.59 Å². The number of methoxy groups -OCH3 is 1. The summed E-state index contributed by atoms with van der Waals surface area (Å²) in [5, 5.41) is 17.4. The van der Waals surface area contributed by atoms with Gasteiger partial charge in [-0.15, -0.1) is 0 Å².